The van der Waals surface area contributed by atoms with Gasteiger partial charge in [-0.05, 0) is 133 Å². The van der Waals surface area contributed by atoms with Crippen LogP contribution in [-0.4, -0.2) is 0 Å². The van der Waals surface area contributed by atoms with Gasteiger partial charge in [0.05, 0.1) is 0 Å². The highest BCUT2D eigenvalue weighted by Gasteiger charge is 2.17. The topological polar surface area (TPSA) is 0 Å². The van der Waals surface area contributed by atoms with Gasteiger partial charge in [-0.3, -0.25) is 0 Å². The molecule has 0 amide bonds. The molecule has 16 aliphatic carbocycles. The van der Waals surface area contributed by atoms with Crippen LogP contribution in [-0.2, 0) is 12.8 Å². The van der Waals surface area contributed by atoms with E-state index in [1.807, 2.05) is 0 Å². The molecule has 7 aromatic carbocycles. The summed E-state index contributed by atoms with van der Waals surface area (Å²) in [4.78, 5) is 0. The van der Waals surface area contributed by atoms with Crippen LogP contribution in [0.15, 0.2) is 146 Å². The summed E-state index contributed by atoms with van der Waals surface area (Å²) in [6, 6.07) is 53.9. The fourth-order valence-corrected chi connectivity index (χ4v) is 9.51. The first-order valence-electron chi connectivity index (χ1n) is 23.7. The molecule has 0 aromatic heterocycles. The van der Waals surface area contributed by atoms with E-state index in [0.29, 0.717) is 11.8 Å². The van der Waals surface area contributed by atoms with Crippen molar-refractivity contribution < 1.29 is 0 Å². The number of terminal acetylenes is 1. The highest BCUT2D eigenvalue weighted by Crippen LogP contribution is 2.36. The molecule has 0 fully saturated rings. The van der Waals surface area contributed by atoms with Crippen molar-refractivity contribution >= 4 is 0 Å². The zero-order valence-electron chi connectivity index (χ0n) is 38.2. The molecule has 16 aliphatic rings. The third-order valence-electron chi connectivity index (χ3n) is 13.7. The SMILES string of the molecule is C#Cc1cc2c(C#Cc3cc(CC(CC)CCCC)c(C)cc3CC(CC)CCCC)cc1-c1ccc(cc1)-c1ccc(cc1)-c1ccc(cc1)-c1ccc(cc1)-c1ccc-2cc1. The van der Waals surface area contributed by atoms with E-state index in [0.717, 1.165) is 46.2 Å². The summed E-state index contributed by atoms with van der Waals surface area (Å²) < 4.78 is 0. The van der Waals surface area contributed by atoms with Crippen molar-refractivity contribution in [2.45, 2.75) is 98.8 Å². The van der Waals surface area contributed by atoms with Crippen molar-refractivity contribution in [2.24, 2.45) is 11.8 Å². The third kappa shape index (κ3) is 9.99. The van der Waals surface area contributed by atoms with Gasteiger partial charge in [-0.15, -0.1) is 6.42 Å². The average molecular weight is 819 g/mol. The highest BCUT2D eigenvalue weighted by molar-refractivity contribution is 5.84. The van der Waals surface area contributed by atoms with E-state index < -0.39 is 0 Å². The summed E-state index contributed by atoms with van der Waals surface area (Å²) in [7, 11) is 0. The van der Waals surface area contributed by atoms with E-state index in [4.69, 9.17) is 6.42 Å². The first-order chi connectivity index (χ1) is 30.9. The van der Waals surface area contributed by atoms with Crippen LogP contribution >= 0.6 is 0 Å². The number of hydrogen-bond acceptors (Lipinski definition) is 0. The maximum absolute atomic E-state index is 6.38. The van der Waals surface area contributed by atoms with E-state index >= 15 is 0 Å². The molecule has 0 radical (unpaired) electrons. The smallest absolute Gasteiger partial charge is 0.0334 e. The van der Waals surface area contributed by atoms with Gasteiger partial charge in [0.25, 0.3) is 0 Å². The lowest BCUT2D eigenvalue weighted by atomic mass is 9.85. The van der Waals surface area contributed by atoms with Crippen LogP contribution in [0.5, 0.6) is 0 Å². The first kappa shape index (κ1) is 43.3. The van der Waals surface area contributed by atoms with Crippen molar-refractivity contribution in [1.82, 2.24) is 0 Å². The van der Waals surface area contributed by atoms with E-state index in [1.165, 1.54) is 118 Å². The van der Waals surface area contributed by atoms with Gasteiger partial charge in [-0.1, -0.05) is 224 Å². The van der Waals surface area contributed by atoms with Crippen LogP contribution in [0.4, 0.5) is 0 Å². The third-order valence-corrected chi connectivity index (χ3v) is 13.7. The molecule has 0 nitrogen and oxygen atoms in total. The molecule has 0 saturated heterocycles. The lowest BCUT2D eigenvalue weighted by Crippen LogP contribution is -2.09. The van der Waals surface area contributed by atoms with Crippen molar-refractivity contribution in [2.75, 3.05) is 0 Å². The number of unbranched alkanes of at least 4 members (excludes halogenated alkanes) is 2. The van der Waals surface area contributed by atoms with Crippen molar-refractivity contribution in [3.8, 4) is 90.9 Å². The van der Waals surface area contributed by atoms with Gasteiger partial charge in [-0.25, -0.2) is 0 Å². The average Bonchev–Trinajstić information content (AvgIpc) is 3.34. The van der Waals surface area contributed by atoms with Crippen molar-refractivity contribution in [1.29, 1.82) is 0 Å². The Kier molecular flexibility index (Phi) is 13.9. The Labute approximate surface area is 378 Å². The minimum Gasteiger partial charge on any atom is -0.115 e. The zero-order chi connectivity index (χ0) is 43.7. The van der Waals surface area contributed by atoms with E-state index in [2.05, 4.69) is 198 Å². The Morgan fingerprint density at radius 3 is 1.10 bits per heavy atom. The largest absolute Gasteiger partial charge is 0.115 e. The van der Waals surface area contributed by atoms with Crippen LogP contribution in [0.1, 0.15) is 112 Å². The Balaban J connectivity index is 1.28. The Bertz CT molecular complexity index is 2740. The predicted octanol–water partition coefficient (Wildman–Crippen LogP) is 17.2. The maximum atomic E-state index is 6.38. The molecule has 314 valence electrons. The second-order valence-electron chi connectivity index (χ2n) is 17.9. The Morgan fingerprint density at radius 1 is 0.397 bits per heavy atom. The summed E-state index contributed by atoms with van der Waals surface area (Å²) >= 11 is 0. The van der Waals surface area contributed by atoms with Crippen LogP contribution in [0, 0.1) is 42.9 Å². The molecular weight excluding hydrogens is 757 g/mol. The molecule has 0 N–H and O–H groups in total. The lowest BCUT2D eigenvalue weighted by Gasteiger charge is -2.20. The van der Waals surface area contributed by atoms with Crippen molar-refractivity contribution in [3.63, 3.8) is 0 Å². The summed E-state index contributed by atoms with van der Waals surface area (Å²) in [5, 5.41) is 0. The molecule has 0 saturated carbocycles. The molecule has 12 bridgehead atoms. The van der Waals surface area contributed by atoms with Gasteiger partial charge in [0.1, 0.15) is 0 Å². The van der Waals surface area contributed by atoms with Crippen LogP contribution in [0.2, 0.25) is 0 Å². The summed E-state index contributed by atoms with van der Waals surface area (Å²) in [5.41, 5.74) is 21.1. The minimum absolute atomic E-state index is 0.648. The number of hydrogen-bond donors (Lipinski definition) is 0. The summed E-state index contributed by atoms with van der Waals surface area (Å²) in [5.74, 6) is 12.0. The second kappa shape index (κ2) is 20.2. The number of benzene rings is 7. The quantitative estimate of drug-likeness (QED) is 0.108. The van der Waals surface area contributed by atoms with Gasteiger partial charge < -0.3 is 0 Å². The molecule has 7 aromatic rings. The molecule has 63 heavy (non-hydrogen) atoms. The Morgan fingerprint density at radius 2 is 0.730 bits per heavy atom. The fourth-order valence-electron chi connectivity index (χ4n) is 9.51. The van der Waals surface area contributed by atoms with Gasteiger partial charge in [0, 0.05) is 16.7 Å². The fraction of sp³-hybridized carbons (Fsp3) is 0.270. The minimum atomic E-state index is 0.648. The van der Waals surface area contributed by atoms with Crippen LogP contribution in [0.25, 0.3) is 66.8 Å². The van der Waals surface area contributed by atoms with Gasteiger partial charge in [0.15, 0.2) is 0 Å². The molecule has 0 heteroatoms. The van der Waals surface area contributed by atoms with E-state index in [1.54, 1.807) is 0 Å². The predicted molar refractivity (Wildman–Crippen MR) is 272 cm³/mol. The number of aryl methyl sites for hydroxylation is 1. The summed E-state index contributed by atoms with van der Waals surface area (Å²) in [6.45, 7) is 11.6. The standard InChI is InChI=1S/C63H62/c1-7-12-14-45(9-3)39-60-41-58(61(38-44(60)6)40-46(10-4)15-13-8-2)36-37-59-43-62-47(11-5)42-63(59)57-34-30-55(31-35-57)53-26-22-51(23-27-53)49-18-16-48(17-19-49)50-20-24-52(25-21-50)54-28-32-56(62)33-29-54/h5,16-35,38,41-43,45-46H,7-10,12-15,39-40H2,1-4,6H3. The molecule has 2 unspecified atom stereocenters. The molecular formula is C63H62. The zero-order valence-corrected chi connectivity index (χ0v) is 38.2. The molecule has 23 rings (SSSR count). The lowest BCUT2D eigenvalue weighted by molar-refractivity contribution is 0.445. The molecule has 2 atom stereocenters. The Hall–Kier alpha value is -6.34. The second-order valence-corrected chi connectivity index (χ2v) is 17.9. The normalized spacial score (nSPS) is 12.3. The van der Waals surface area contributed by atoms with Crippen LogP contribution in [0.3, 0.4) is 0 Å². The molecule has 0 aliphatic heterocycles. The number of rotatable bonds is 12. The van der Waals surface area contributed by atoms with Crippen molar-refractivity contribution in [3.05, 3.63) is 179 Å². The molecule has 0 spiro atoms. The first-order valence-corrected chi connectivity index (χ1v) is 23.7. The van der Waals surface area contributed by atoms with E-state index in [-0.39, 0.29) is 0 Å². The van der Waals surface area contributed by atoms with Crippen LogP contribution < -0.4 is 0 Å². The molecule has 0 heterocycles. The van der Waals surface area contributed by atoms with Gasteiger partial charge in [-0.2, -0.15) is 0 Å². The highest BCUT2D eigenvalue weighted by atomic mass is 14.2. The van der Waals surface area contributed by atoms with Gasteiger partial charge >= 0.3 is 0 Å². The maximum Gasteiger partial charge on any atom is 0.0334 e. The van der Waals surface area contributed by atoms with E-state index in [9.17, 15) is 0 Å². The summed E-state index contributed by atoms with van der Waals surface area (Å²) in [6.07, 6.45) is 18.5. The van der Waals surface area contributed by atoms with Gasteiger partial charge in [0.2, 0.25) is 0 Å². The monoisotopic (exact) mass is 818 g/mol.